The van der Waals surface area contributed by atoms with Gasteiger partial charge >= 0.3 is 0 Å². The molecule has 1 aromatic heterocycles. The number of oxime groups is 1. The molecule has 0 saturated heterocycles. The normalized spacial score (nSPS) is 18.0. The second kappa shape index (κ2) is 7.89. The van der Waals surface area contributed by atoms with E-state index in [9.17, 15) is 10.0 Å². The first-order valence-electron chi connectivity index (χ1n) is 7.91. The van der Waals surface area contributed by atoms with Gasteiger partial charge < -0.3 is 9.94 Å². The van der Waals surface area contributed by atoms with Gasteiger partial charge in [0, 0.05) is 17.7 Å². The van der Waals surface area contributed by atoms with Crippen molar-refractivity contribution in [2.75, 3.05) is 12.9 Å². The van der Waals surface area contributed by atoms with Crippen molar-refractivity contribution >= 4 is 35.1 Å². The van der Waals surface area contributed by atoms with E-state index in [1.807, 2.05) is 30.3 Å². The van der Waals surface area contributed by atoms with Gasteiger partial charge in [-0.15, -0.1) is 29.7 Å². The third-order valence-electron chi connectivity index (χ3n) is 4.33. The van der Waals surface area contributed by atoms with Gasteiger partial charge in [0.1, 0.15) is 5.75 Å². The van der Waals surface area contributed by atoms with Crippen molar-refractivity contribution in [3.63, 3.8) is 0 Å². The zero-order valence-electron chi connectivity index (χ0n) is 13.9. The first-order valence-corrected chi connectivity index (χ1v) is 9.71. The van der Waals surface area contributed by atoms with Crippen LogP contribution < -0.4 is 4.74 Å². The van der Waals surface area contributed by atoms with E-state index in [0.717, 1.165) is 50.0 Å². The number of hydrogen-bond donors (Lipinski definition) is 1. The number of thioether (sulfide) groups is 1. The van der Waals surface area contributed by atoms with Gasteiger partial charge in [-0.05, 0) is 35.6 Å². The fourth-order valence-corrected chi connectivity index (χ4v) is 5.40. The summed E-state index contributed by atoms with van der Waals surface area (Å²) in [7, 11) is 1.64. The Morgan fingerprint density at radius 1 is 1.40 bits per heavy atom. The molecule has 0 bridgehead atoms. The van der Waals surface area contributed by atoms with Crippen LogP contribution in [0.2, 0.25) is 0 Å². The predicted octanol–water partition coefficient (Wildman–Crippen LogP) is 4.76. The van der Waals surface area contributed by atoms with Crippen molar-refractivity contribution in [1.82, 2.24) is 0 Å². The third-order valence-corrected chi connectivity index (χ3v) is 6.76. The summed E-state index contributed by atoms with van der Waals surface area (Å²) in [5, 5.41) is 13.1. The highest BCUT2D eigenvalue weighted by molar-refractivity contribution is 8.01. The highest BCUT2D eigenvalue weighted by atomic mass is 32.2. The van der Waals surface area contributed by atoms with Crippen LogP contribution in [0.25, 0.3) is 0 Å². The molecule has 1 aromatic carbocycles. The second-order valence-electron chi connectivity index (χ2n) is 5.75. The van der Waals surface area contributed by atoms with Crippen molar-refractivity contribution in [2.24, 2.45) is 5.16 Å². The third kappa shape index (κ3) is 3.50. The first kappa shape index (κ1) is 17.8. The van der Waals surface area contributed by atoms with Crippen molar-refractivity contribution in [2.45, 2.75) is 23.0 Å². The van der Waals surface area contributed by atoms with E-state index >= 15 is 0 Å². The van der Waals surface area contributed by atoms with E-state index in [0.29, 0.717) is 12.1 Å². The number of carbonyl (C=O) groups is 1. The minimum atomic E-state index is 0.176. The van der Waals surface area contributed by atoms with Crippen LogP contribution in [-0.4, -0.2) is 30.1 Å². The fourth-order valence-electron chi connectivity index (χ4n) is 3.14. The maximum atomic E-state index is 11.5. The zero-order chi connectivity index (χ0) is 17.8. The minimum Gasteiger partial charge on any atom is -0.497 e. The molecule has 1 heterocycles. The summed E-state index contributed by atoms with van der Waals surface area (Å²) in [6.45, 7) is 3.74. The second-order valence-corrected chi connectivity index (χ2v) is 8.09. The van der Waals surface area contributed by atoms with Gasteiger partial charge in [-0.2, -0.15) is 0 Å². The van der Waals surface area contributed by atoms with Crippen LogP contribution in [0.3, 0.4) is 0 Å². The average Bonchev–Trinajstić information content (AvgIpc) is 3.03. The molecule has 0 spiro atoms. The molecule has 6 heteroatoms. The summed E-state index contributed by atoms with van der Waals surface area (Å²) in [5.41, 5.74) is 3.73. The molecule has 0 amide bonds. The largest absolute Gasteiger partial charge is 0.497 e. The summed E-state index contributed by atoms with van der Waals surface area (Å²) < 4.78 is 6.24. The van der Waals surface area contributed by atoms with Gasteiger partial charge in [-0.3, -0.25) is 4.79 Å². The Kier molecular flexibility index (Phi) is 5.60. The first-order chi connectivity index (χ1) is 12.2. The molecule has 1 unspecified atom stereocenters. The van der Waals surface area contributed by atoms with Crippen molar-refractivity contribution in [3.8, 4) is 5.75 Å². The van der Waals surface area contributed by atoms with Gasteiger partial charge in [0.05, 0.1) is 21.9 Å². The number of hydrogen-bond acceptors (Lipinski definition) is 6. The van der Waals surface area contributed by atoms with Crippen molar-refractivity contribution in [3.05, 3.63) is 58.5 Å². The number of benzene rings is 1. The van der Waals surface area contributed by atoms with E-state index in [4.69, 9.17) is 4.74 Å². The van der Waals surface area contributed by atoms with Crippen LogP contribution in [0.5, 0.6) is 5.75 Å². The molecule has 4 nitrogen and oxygen atoms in total. The topological polar surface area (TPSA) is 58.9 Å². The summed E-state index contributed by atoms with van der Waals surface area (Å²) in [6.07, 6.45) is 4.15. The molecule has 130 valence electrons. The molecule has 0 saturated carbocycles. The Bertz CT molecular complexity index is 809. The Balaban J connectivity index is 1.99. The molecule has 0 fully saturated rings. The standard InChI is InChI=1S/C19H19NO3S2/c1-3-8-24-19-18-15(17(11-21)25-19)9-13(10-16(18)20-22)12-4-6-14(23-2)7-5-12/h3-7,11,13,22H,1,8-10H2,2H3/b20-16+. The lowest BCUT2D eigenvalue weighted by Gasteiger charge is -2.24. The van der Waals surface area contributed by atoms with Gasteiger partial charge in [0.25, 0.3) is 0 Å². The van der Waals surface area contributed by atoms with Crippen LogP contribution in [0, 0.1) is 0 Å². The van der Waals surface area contributed by atoms with E-state index in [1.165, 1.54) is 11.3 Å². The van der Waals surface area contributed by atoms with Crippen LogP contribution in [0.15, 0.2) is 46.3 Å². The SMILES string of the molecule is C=CCSc1sc(C=O)c2c1/C(=N/O)CC(c1ccc(OC)cc1)C2. The summed E-state index contributed by atoms with van der Waals surface area (Å²) in [6, 6.07) is 7.92. The van der Waals surface area contributed by atoms with Crippen molar-refractivity contribution in [1.29, 1.82) is 0 Å². The molecule has 1 N–H and O–H groups in total. The maximum Gasteiger partial charge on any atom is 0.160 e. The summed E-state index contributed by atoms with van der Waals surface area (Å²) in [4.78, 5) is 12.3. The fraction of sp³-hybridized carbons (Fsp3) is 0.263. The molecule has 1 aliphatic carbocycles. The molecule has 3 rings (SSSR count). The highest BCUT2D eigenvalue weighted by Crippen LogP contribution is 2.43. The lowest BCUT2D eigenvalue weighted by Crippen LogP contribution is -2.19. The van der Waals surface area contributed by atoms with Gasteiger partial charge in [0.2, 0.25) is 0 Å². The molecule has 2 aromatic rings. The maximum absolute atomic E-state index is 11.5. The Morgan fingerprint density at radius 2 is 2.16 bits per heavy atom. The Morgan fingerprint density at radius 3 is 2.76 bits per heavy atom. The van der Waals surface area contributed by atoms with E-state index < -0.39 is 0 Å². The van der Waals surface area contributed by atoms with E-state index in [2.05, 4.69) is 11.7 Å². The summed E-state index contributed by atoms with van der Waals surface area (Å²) >= 11 is 3.10. The number of ether oxygens (including phenoxy) is 1. The number of carbonyl (C=O) groups excluding carboxylic acids is 1. The number of methoxy groups -OCH3 is 1. The smallest absolute Gasteiger partial charge is 0.160 e. The predicted molar refractivity (Wildman–Crippen MR) is 103 cm³/mol. The molecule has 1 atom stereocenters. The quantitative estimate of drug-likeness (QED) is 0.261. The number of nitrogens with zero attached hydrogens (tertiary/aromatic N) is 1. The number of fused-ring (bicyclic) bond motifs is 1. The van der Waals surface area contributed by atoms with Crippen LogP contribution in [0.4, 0.5) is 0 Å². The summed E-state index contributed by atoms with van der Waals surface area (Å²) in [5.74, 6) is 1.74. The average molecular weight is 373 g/mol. The van der Waals surface area contributed by atoms with Crippen molar-refractivity contribution < 1.29 is 14.7 Å². The molecule has 1 aliphatic rings. The van der Waals surface area contributed by atoms with Gasteiger partial charge in [-0.25, -0.2) is 0 Å². The molecule has 0 radical (unpaired) electrons. The lowest BCUT2D eigenvalue weighted by molar-refractivity contribution is 0.112. The lowest BCUT2D eigenvalue weighted by atomic mass is 9.80. The number of thiophene rings is 1. The minimum absolute atomic E-state index is 0.176. The number of aldehydes is 1. The zero-order valence-corrected chi connectivity index (χ0v) is 15.5. The van der Waals surface area contributed by atoms with Crippen LogP contribution in [0.1, 0.15) is 38.7 Å². The van der Waals surface area contributed by atoms with Gasteiger partial charge in [0.15, 0.2) is 6.29 Å². The van der Waals surface area contributed by atoms with E-state index in [-0.39, 0.29) is 5.92 Å². The van der Waals surface area contributed by atoms with Gasteiger partial charge in [-0.1, -0.05) is 23.4 Å². The molecule has 25 heavy (non-hydrogen) atoms. The van der Waals surface area contributed by atoms with E-state index in [1.54, 1.807) is 18.9 Å². The number of rotatable bonds is 6. The van der Waals surface area contributed by atoms with Crippen LogP contribution in [-0.2, 0) is 6.42 Å². The Labute approximate surface area is 155 Å². The van der Waals surface area contributed by atoms with Crippen LogP contribution >= 0.6 is 23.1 Å². The molecular formula is C19H19NO3S2. The molecule has 0 aliphatic heterocycles. The monoisotopic (exact) mass is 373 g/mol. The highest BCUT2D eigenvalue weighted by Gasteiger charge is 2.31. The Hall–Kier alpha value is -2.05. The molecular weight excluding hydrogens is 354 g/mol.